The first-order valence-corrected chi connectivity index (χ1v) is 7.41. The molecule has 0 aliphatic heterocycles. The van der Waals surface area contributed by atoms with E-state index in [9.17, 15) is 4.79 Å². The number of thioether (sulfide) groups is 1. The highest BCUT2D eigenvalue weighted by atomic mass is 32.2. The fourth-order valence-electron chi connectivity index (χ4n) is 1.63. The lowest BCUT2D eigenvalue weighted by atomic mass is 10.1. The molecule has 0 aromatic carbocycles. The van der Waals surface area contributed by atoms with Crippen LogP contribution in [0.3, 0.4) is 0 Å². The van der Waals surface area contributed by atoms with Crippen LogP contribution in [0.1, 0.15) is 32.7 Å². The van der Waals surface area contributed by atoms with E-state index in [1.54, 1.807) is 4.68 Å². The Kier molecular flexibility index (Phi) is 4.76. The molecule has 106 valence electrons. The quantitative estimate of drug-likeness (QED) is 0.697. The van der Waals surface area contributed by atoms with Crippen LogP contribution in [0.4, 0.5) is 0 Å². The van der Waals surface area contributed by atoms with Gasteiger partial charge in [0.05, 0.1) is 24.4 Å². The predicted molar refractivity (Wildman–Crippen MR) is 70.7 cm³/mol. The molecule has 0 saturated heterocycles. The summed E-state index contributed by atoms with van der Waals surface area (Å²) >= 11 is 1.33. The van der Waals surface area contributed by atoms with Crippen LogP contribution in [0, 0.1) is 5.92 Å². The van der Waals surface area contributed by atoms with Crippen molar-refractivity contribution in [2.45, 2.75) is 43.9 Å². The number of tetrazole rings is 1. The van der Waals surface area contributed by atoms with Gasteiger partial charge in [-0.1, -0.05) is 25.6 Å². The van der Waals surface area contributed by atoms with Crippen LogP contribution in [0.5, 0.6) is 0 Å². The van der Waals surface area contributed by atoms with Crippen LogP contribution in [-0.4, -0.2) is 49.6 Å². The van der Waals surface area contributed by atoms with Crippen molar-refractivity contribution in [1.82, 2.24) is 25.5 Å². The summed E-state index contributed by atoms with van der Waals surface area (Å²) in [4.78, 5) is 11.8. The average Bonchev–Trinajstić information content (AvgIpc) is 3.12. The van der Waals surface area contributed by atoms with Crippen molar-refractivity contribution >= 4 is 17.7 Å². The molecular formula is C11H19N5O2S. The third-order valence-corrected chi connectivity index (χ3v) is 3.97. The van der Waals surface area contributed by atoms with Crippen LogP contribution in [0.25, 0.3) is 0 Å². The average molecular weight is 285 g/mol. The van der Waals surface area contributed by atoms with E-state index in [1.807, 2.05) is 13.8 Å². The highest BCUT2D eigenvalue weighted by Gasteiger charge is 2.28. The van der Waals surface area contributed by atoms with Gasteiger partial charge in [0.2, 0.25) is 11.1 Å². The maximum atomic E-state index is 11.8. The molecular weight excluding hydrogens is 266 g/mol. The molecule has 0 bridgehead atoms. The predicted octanol–water partition coefficient (Wildman–Crippen LogP) is 0.233. The Labute approximate surface area is 116 Å². The first-order valence-electron chi connectivity index (χ1n) is 6.42. The van der Waals surface area contributed by atoms with Crippen LogP contribution in [0.2, 0.25) is 0 Å². The van der Waals surface area contributed by atoms with E-state index in [2.05, 4.69) is 20.8 Å². The molecule has 1 atom stereocenters. The van der Waals surface area contributed by atoms with Gasteiger partial charge >= 0.3 is 0 Å². The zero-order chi connectivity index (χ0) is 13.8. The van der Waals surface area contributed by atoms with Crippen LogP contribution in [-0.2, 0) is 4.79 Å². The Morgan fingerprint density at radius 2 is 2.32 bits per heavy atom. The molecule has 1 aromatic rings. The number of aliphatic hydroxyl groups is 1. The molecule has 2 N–H and O–H groups in total. The summed E-state index contributed by atoms with van der Waals surface area (Å²) in [5, 5.41) is 24.1. The summed E-state index contributed by atoms with van der Waals surface area (Å²) in [5.74, 6) is 0.356. The minimum absolute atomic E-state index is 0.0477. The van der Waals surface area contributed by atoms with Crippen molar-refractivity contribution in [3.8, 4) is 0 Å². The number of carbonyl (C=O) groups is 1. The molecule has 0 unspecified atom stereocenters. The van der Waals surface area contributed by atoms with Gasteiger partial charge in [-0.25, -0.2) is 4.68 Å². The lowest BCUT2D eigenvalue weighted by molar-refractivity contribution is -0.119. The zero-order valence-corrected chi connectivity index (χ0v) is 11.9. The van der Waals surface area contributed by atoms with E-state index >= 15 is 0 Å². The van der Waals surface area contributed by atoms with Crippen molar-refractivity contribution < 1.29 is 9.90 Å². The highest BCUT2D eigenvalue weighted by molar-refractivity contribution is 7.99. The number of nitrogens with one attached hydrogen (secondary N) is 1. The van der Waals surface area contributed by atoms with Gasteiger partial charge in [0, 0.05) is 0 Å². The fraction of sp³-hybridized carbons (Fsp3) is 0.818. The third-order valence-electron chi connectivity index (χ3n) is 3.04. The van der Waals surface area contributed by atoms with E-state index in [0.29, 0.717) is 11.2 Å². The van der Waals surface area contributed by atoms with Crippen molar-refractivity contribution in [3.63, 3.8) is 0 Å². The minimum Gasteiger partial charge on any atom is -0.394 e. The molecule has 0 spiro atoms. The Morgan fingerprint density at radius 1 is 1.58 bits per heavy atom. The molecule has 8 heteroatoms. The number of aliphatic hydroxyl groups excluding tert-OH is 1. The molecule has 1 heterocycles. The third kappa shape index (κ3) is 3.90. The molecule has 1 aliphatic carbocycles. The standard InChI is InChI=1S/C11H19N5O2S/c1-7(2)9(5-17)12-10(18)6-19-11-13-14-15-16(11)8-3-4-8/h7-9,17H,3-6H2,1-2H3,(H,12,18)/t9-/m1/s1. The number of aromatic nitrogens is 4. The fourth-order valence-corrected chi connectivity index (χ4v) is 2.39. The van der Waals surface area contributed by atoms with Gasteiger partial charge in [-0.15, -0.1) is 5.10 Å². The van der Waals surface area contributed by atoms with Crippen molar-refractivity contribution in [1.29, 1.82) is 0 Å². The summed E-state index contributed by atoms with van der Waals surface area (Å²) in [6, 6.07) is 0.203. The molecule has 1 aliphatic rings. The van der Waals surface area contributed by atoms with Gasteiger partial charge in [-0.05, 0) is 29.2 Å². The van der Waals surface area contributed by atoms with Gasteiger partial charge in [-0.3, -0.25) is 4.79 Å². The van der Waals surface area contributed by atoms with Gasteiger partial charge in [0.25, 0.3) is 0 Å². The lowest BCUT2D eigenvalue weighted by Gasteiger charge is -2.19. The van der Waals surface area contributed by atoms with Crippen molar-refractivity contribution in [2.75, 3.05) is 12.4 Å². The minimum atomic E-state index is -0.201. The SMILES string of the molecule is CC(C)[C@@H](CO)NC(=O)CSc1nnnn1C1CC1. The lowest BCUT2D eigenvalue weighted by Crippen LogP contribution is -2.42. The zero-order valence-electron chi connectivity index (χ0n) is 11.1. The molecule has 1 saturated carbocycles. The number of amides is 1. The van der Waals surface area contributed by atoms with Crippen LogP contribution >= 0.6 is 11.8 Å². The summed E-state index contributed by atoms with van der Waals surface area (Å²) in [6.07, 6.45) is 2.20. The topological polar surface area (TPSA) is 92.9 Å². The second-order valence-electron chi connectivity index (χ2n) is 5.03. The van der Waals surface area contributed by atoms with Crippen molar-refractivity contribution in [3.05, 3.63) is 0 Å². The van der Waals surface area contributed by atoms with Gasteiger partial charge in [0.1, 0.15) is 0 Å². The number of hydrogen-bond donors (Lipinski definition) is 2. The monoisotopic (exact) mass is 285 g/mol. The number of hydrogen-bond acceptors (Lipinski definition) is 6. The Balaban J connectivity index is 1.81. The Bertz CT molecular complexity index is 432. The molecule has 0 radical (unpaired) electrons. The summed E-state index contributed by atoms with van der Waals surface area (Å²) in [5.41, 5.74) is 0. The largest absolute Gasteiger partial charge is 0.394 e. The normalized spacial score (nSPS) is 16.6. The van der Waals surface area contributed by atoms with Crippen LogP contribution in [0.15, 0.2) is 5.16 Å². The second-order valence-corrected chi connectivity index (χ2v) is 5.97. The molecule has 1 amide bonds. The smallest absolute Gasteiger partial charge is 0.230 e. The van der Waals surface area contributed by atoms with E-state index in [0.717, 1.165) is 12.8 Å². The maximum absolute atomic E-state index is 11.8. The van der Waals surface area contributed by atoms with E-state index < -0.39 is 0 Å². The first-order chi connectivity index (χ1) is 9.11. The van der Waals surface area contributed by atoms with Crippen molar-refractivity contribution in [2.24, 2.45) is 5.92 Å². The van der Waals surface area contributed by atoms with Gasteiger partial charge in [-0.2, -0.15) is 0 Å². The summed E-state index contributed by atoms with van der Waals surface area (Å²) in [7, 11) is 0. The number of rotatable bonds is 7. The summed E-state index contributed by atoms with van der Waals surface area (Å²) < 4.78 is 1.78. The van der Waals surface area contributed by atoms with E-state index in [1.165, 1.54) is 11.8 Å². The molecule has 7 nitrogen and oxygen atoms in total. The number of nitrogens with zero attached hydrogens (tertiary/aromatic N) is 4. The highest BCUT2D eigenvalue weighted by Crippen LogP contribution is 2.36. The Hall–Kier alpha value is -1.15. The molecule has 1 fully saturated rings. The number of carbonyl (C=O) groups excluding carboxylic acids is 1. The molecule has 1 aromatic heterocycles. The van der Waals surface area contributed by atoms with Gasteiger partial charge < -0.3 is 10.4 Å². The Morgan fingerprint density at radius 3 is 2.89 bits per heavy atom. The first kappa shape index (κ1) is 14.3. The van der Waals surface area contributed by atoms with E-state index in [-0.39, 0.29) is 30.2 Å². The maximum Gasteiger partial charge on any atom is 0.230 e. The molecule has 19 heavy (non-hydrogen) atoms. The van der Waals surface area contributed by atoms with E-state index in [4.69, 9.17) is 5.11 Å². The second kappa shape index (κ2) is 6.33. The summed E-state index contributed by atoms with van der Waals surface area (Å²) in [6.45, 7) is 3.87. The van der Waals surface area contributed by atoms with Gasteiger partial charge in [0.15, 0.2) is 0 Å². The van der Waals surface area contributed by atoms with Crippen LogP contribution < -0.4 is 5.32 Å². The molecule has 2 rings (SSSR count).